The number of aliphatic carboxylic acids is 1. The second-order valence-corrected chi connectivity index (χ2v) is 7.19. The van der Waals surface area contributed by atoms with Crippen LogP contribution in [-0.4, -0.2) is 30.0 Å². The van der Waals surface area contributed by atoms with E-state index in [0.717, 1.165) is 22.6 Å². The van der Waals surface area contributed by atoms with Gasteiger partial charge in [-0.05, 0) is 60.5 Å². The number of alkyl halides is 3. The Labute approximate surface area is 175 Å². The molecule has 0 radical (unpaired) electrons. The number of thioether (sulfide) groups is 1. The summed E-state index contributed by atoms with van der Waals surface area (Å²) in [6.45, 7) is 1.43. The zero-order valence-electron chi connectivity index (χ0n) is 15.9. The summed E-state index contributed by atoms with van der Waals surface area (Å²) in [7, 11) is 0. The third kappa shape index (κ3) is 7.37. The number of hydrogen-bond acceptors (Lipinski definition) is 5. The van der Waals surface area contributed by atoms with Crippen molar-refractivity contribution in [2.24, 2.45) is 0 Å². The van der Waals surface area contributed by atoms with Crippen LogP contribution in [0.3, 0.4) is 0 Å². The highest BCUT2D eigenvalue weighted by Crippen LogP contribution is 2.31. The second-order valence-electron chi connectivity index (χ2n) is 6.14. The van der Waals surface area contributed by atoms with Crippen molar-refractivity contribution in [3.8, 4) is 17.6 Å². The molecular weight excluding hydrogens is 419 g/mol. The molecule has 0 aromatic heterocycles. The van der Waals surface area contributed by atoms with Crippen molar-refractivity contribution in [1.29, 1.82) is 5.26 Å². The molecule has 158 valence electrons. The monoisotopic (exact) mass is 437 g/mol. The van der Waals surface area contributed by atoms with Gasteiger partial charge in [-0.3, -0.25) is 0 Å². The van der Waals surface area contributed by atoms with Gasteiger partial charge in [0.15, 0.2) is 6.61 Å². The maximum atomic E-state index is 12.6. The maximum Gasteiger partial charge on any atom is 0.416 e. The third-order valence-corrected chi connectivity index (χ3v) is 4.90. The quantitative estimate of drug-likeness (QED) is 0.434. The molecule has 0 unspecified atom stereocenters. The molecule has 0 spiro atoms. The topological polar surface area (TPSA) is 79.5 Å². The van der Waals surface area contributed by atoms with E-state index in [4.69, 9.17) is 19.8 Å². The number of halogens is 3. The molecule has 0 fully saturated rings. The van der Waals surface area contributed by atoms with Crippen LogP contribution in [0.2, 0.25) is 0 Å². The van der Waals surface area contributed by atoms with Gasteiger partial charge in [-0.25, -0.2) is 4.79 Å². The summed E-state index contributed by atoms with van der Waals surface area (Å²) in [6, 6.07) is 11.6. The fraction of sp³-hybridized carbons (Fsp3) is 0.238. The fourth-order valence-electron chi connectivity index (χ4n) is 2.32. The van der Waals surface area contributed by atoms with Crippen molar-refractivity contribution in [2.45, 2.75) is 18.0 Å². The highest BCUT2D eigenvalue weighted by molar-refractivity contribution is 7.99. The average molecular weight is 437 g/mol. The van der Waals surface area contributed by atoms with E-state index in [0.29, 0.717) is 17.1 Å². The number of carboxylic acid groups (broad SMARTS) is 1. The van der Waals surface area contributed by atoms with Gasteiger partial charge in [0.1, 0.15) is 18.1 Å². The first-order valence-electron chi connectivity index (χ1n) is 8.64. The van der Waals surface area contributed by atoms with Gasteiger partial charge in [0.05, 0.1) is 11.6 Å². The third-order valence-electron chi connectivity index (χ3n) is 3.80. The lowest BCUT2D eigenvalue weighted by molar-refractivity contribution is -0.139. The van der Waals surface area contributed by atoms with Gasteiger partial charge in [-0.2, -0.15) is 18.4 Å². The summed E-state index contributed by atoms with van der Waals surface area (Å²) in [6.07, 6.45) is -3.07. The summed E-state index contributed by atoms with van der Waals surface area (Å²) in [5, 5.41) is 17.6. The molecular formula is C21H18F3NO4S. The Morgan fingerprint density at radius 1 is 1.17 bits per heavy atom. The van der Waals surface area contributed by atoms with Crippen molar-refractivity contribution >= 4 is 17.7 Å². The summed E-state index contributed by atoms with van der Waals surface area (Å²) < 4.78 is 48.5. The minimum absolute atomic E-state index is 0.0602. The minimum atomic E-state index is -4.41. The van der Waals surface area contributed by atoms with E-state index in [2.05, 4.69) is 0 Å². The SMILES string of the molecule is Cc1cc(SCC(=CC#N)COc2ccc(C(F)(F)F)cc2)ccc1OCC(=O)O. The van der Waals surface area contributed by atoms with Gasteiger partial charge in [-0.15, -0.1) is 11.8 Å². The molecule has 0 bridgehead atoms. The number of carboxylic acids is 1. The Morgan fingerprint density at radius 2 is 1.87 bits per heavy atom. The van der Waals surface area contributed by atoms with E-state index in [-0.39, 0.29) is 12.4 Å². The second kappa shape index (κ2) is 10.6. The summed E-state index contributed by atoms with van der Waals surface area (Å²) >= 11 is 1.44. The summed E-state index contributed by atoms with van der Waals surface area (Å²) in [5.41, 5.74) is 0.670. The van der Waals surface area contributed by atoms with E-state index in [9.17, 15) is 18.0 Å². The van der Waals surface area contributed by atoms with Crippen molar-refractivity contribution in [2.75, 3.05) is 19.0 Å². The molecule has 0 atom stereocenters. The lowest BCUT2D eigenvalue weighted by Crippen LogP contribution is -2.10. The summed E-state index contributed by atoms with van der Waals surface area (Å²) in [4.78, 5) is 11.5. The molecule has 0 amide bonds. The van der Waals surface area contributed by atoms with Crippen LogP contribution in [0.4, 0.5) is 13.2 Å². The van der Waals surface area contributed by atoms with Gasteiger partial charge < -0.3 is 14.6 Å². The number of rotatable bonds is 9. The predicted octanol–water partition coefficient (Wildman–Crippen LogP) is 5.10. The predicted molar refractivity (Wildman–Crippen MR) is 106 cm³/mol. The van der Waals surface area contributed by atoms with Crippen LogP contribution in [0.25, 0.3) is 0 Å². The number of allylic oxidation sites excluding steroid dienone is 1. The molecule has 0 saturated carbocycles. The Kier molecular flexibility index (Phi) is 8.18. The molecule has 2 aromatic rings. The van der Waals surface area contributed by atoms with Crippen molar-refractivity contribution in [1.82, 2.24) is 0 Å². The Bertz CT molecular complexity index is 950. The van der Waals surface area contributed by atoms with Crippen molar-refractivity contribution in [3.63, 3.8) is 0 Å². The van der Waals surface area contributed by atoms with Crippen LogP contribution < -0.4 is 9.47 Å². The molecule has 5 nitrogen and oxygen atoms in total. The lowest BCUT2D eigenvalue weighted by atomic mass is 10.2. The number of benzene rings is 2. The Morgan fingerprint density at radius 3 is 2.43 bits per heavy atom. The van der Waals surface area contributed by atoms with Gasteiger partial charge in [0.2, 0.25) is 0 Å². The van der Waals surface area contributed by atoms with Gasteiger partial charge >= 0.3 is 12.1 Å². The number of ether oxygens (including phenoxy) is 2. The van der Waals surface area contributed by atoms with Gasteiger partial charge in [-0.1, -0.05) is 0 Å². The van der Waals surface area contributed by atoms with E-state index < -0.39 is 24.3 Å². The van der Waals surface area contributed by atoms with Crippen LogP contribution in [0.1, 0.15) is 11.1 Å². The molecule has 0 aliphatic rings. The van der Waals surface area contributed by atoms with E-state index >= 15 is 0 Å². The van der Waals surface area contributed by atoms with E-state index in [1.165, 1.54) is 30.0 Å². The van der Waals surface area contributed by atoms with Crippen LogP contribution >= 0.6 is 11.8 Å². The van der Waals surface area contributed by atoms with E-state index in [1.807, 2.05) is 12.1 Å². The zero-order valence-corrected chi connectivity index (χ0v) is 16.7. The highest BCUT2D eigenvalue weighted by Gasteiger charge is 2.30. The molecule has 2 rings (SSSR count). The fourth-order valence-corrected chi connectivity index (χ4v) is 3.26. The first-order valence-corrected chi connectivity index (χ1v) is 9.63. The Hall–Kier alpha value is -3.12. The van der Waals surface area contributed by atoms with Crippen molar-refractivity contribution < 1.29 is 32.5 Å². The molecule has 30 heavy (non-hydrogen) atoms. The van der Waals surface area contributed by atoms with Crippen LogP contribution in [-0.2, 0) is 11.0 Å². The molecule has 9 heteroatoms. The normalized spacial score (nSPS) is 11.6. The number of aryl methyl sites for hydroxylation is 1. The number of hydrogen-bond donors (Lipinski definition) is 1. The molecule has 0 saturated heterocycles. The van der Waals surface area contributed by atoms with E-state index in [1.54, 1.807) is 19.1 Å². The average Bonchev–Trinajstić information content (AvgIpc) is 2.69. The van der Waals surface area contributed by atoms with Crippen LogP contribution in [0.15, 0.2) is 59.0 Å². The van der Waals surface area contributed by atoms with Crippen molar-refractivity contribution in [3.05, 3.63) is 65.2 Å². The largest absolute Gasteiger partial charge is 0.489 e. The number of carbonyl (C=O) groups is 1. The smallest absolute Gasteiger partial charge is 0.416 e. The Balaban J connectivity index is 1.93. The molecule has 0 aliphatic carbocycles. The highest BCUT2D eigenvalue weighted by atomic mass is 32.2. The molecule has 1 N–H and O–H groups in total. The zero-order chi connectivity index (χ0) is 22.1. The van der Waals surface area contributed by atoms with Crippen LogP contribution in [0.5, 0.6) is 11.5 Å². The molecule has 2 aromatic carbocycles. The number of nitrogens with zero attached hydrogens (tertiary/aromatic N) is 1. The first-order chi connectivity index (χ1) is 14.2. The standard InChI is InChI=1S/C21H18F3NO4S/c1-14-10-18(6-7-19(14)29-12-20(26)27)30-13-15(8-9-25)11-28-17-4-2-16(3-5-17)21(22,23)24/h2-8,10H,11-13H2,1H3,(H,26,27). The molecule has 0 heterocycles. The summed E-state index contributed by atoms with van der Waals surface area (Å²) in [5.74, 6) is 0.114. The number of nitriles is 1. The lowest BCUT2D eigenvalue weighted by Gasteiger charge is -2.12. The van der Waals surface area contributed by atoms with Gasteiger partial charge in [0, 0.05) is 16.7 Å². The molecule has 0 aliphatic heterocycles. The maximum absolute atomic E-state index is 12.6. The minimum Gasteiger partial charge on any atom is -0.489 e. The van der Waals surface area contributed by atoms with Gasteiger partial charge in [0.25, 0.3) is 0 Å². The van der Waals surface area contributed by atoms with Crippen LogP contribution in [0, 0.1) is 18.3 Å². The first kappa shape index (κ1) is 23.2.